The summed E-state index contributed by atoms with van der Waals surface area (Å²) in [6, 6.07) is -0.0599. The van der Waals surface area contributed by atoms with Crippen molar-refractivity contribution in [1.82, 2.24) is 0 Å². The lowest BCUT2D eigenvalue weighted by Crippen LogP contribution is -2.58. The number of hydrogen-bond donors (Lipinski definition) is 5. The fourth-order valence-electron chi connectivity index (χ4n) is 10.9. The monoisotopic (exact) mass is 962 g/mol. The highest BCUT2D eigenvalue weighted by Crippen LogP contribution is 2.33. The summed E-state index contributed by atoms with van der Waals surface area (Å²) in [6.45, 7) is 10.2. The molecule has 5 saturated carbocycles. The number of halogens is 2. The van der Waals surface area contributed by atoms with Gasteiger partial charge in [0.25, 0.3) is 0 Å². The van der Waals surface area contributed by atoms with Crippen molar-refractivity contribution in [3.63, 3.8) is 0 Å². The van der Waals surface area contributed by atoms with Gasteiger partial charge in [-0.05, 0) is 68.1 Å². The fourth-order valence-corrected chi connectivity index (χ4v) is 10.9. The van der Waals surface area contributed by atoms with E-state index in [0.29, 0.717) is 30.6 Å². The predicted octanol–water partition coefficient (Wildman–Crippen LogP) is 3.01. The molecule has 24 atom stereocenters. The second-order valence-electron chi connectivity index (χ2n) is 19.1. The Kier molecular flexibility index (Phi) is 30.8. The molecule has 17 nitrogen and oxygen atoms in total. The minimum Gasteiger partial charge on any atom is -0.379 e. The molecule has 0 amide bonds. The third-order valence-electron chi connectivity index (χ3n) is 14.4. The summed E-state index contributed by atoms with van der Waals surface area (Å²) in [5.74, 6) is 1.37. The van der Waals surface area contributed by atoms with Crippen molar-refractivity contribution in [2.24, 2.45) is 58.3 Å². The molecule has 0 unspecified atom stereocenters. The number of ether oxygens (including phenoxy) is 12. The molecule has 0 radical (unpaired) electrons. The van der Waals surface area contributed by atoms with E-state index in [1.165, 1.54) is 14.2 Å². The number of hydrogen-bond acceptors (Lipinski definition) is 17. The van der Waals surface area contributed by atoms with Gasteiger partial charge in [-0.25, -0.2) is 8.78 Å². The van der Waals surface area contributed by atoms with Gasteiger partial charge in [-0.3, -0.25) is 0 Å². The van der Waals surface area contributed by atoms with E-state index in [1.54, 1.807) is 71.1 Å². The van der Waals surface area contributed by atoms with Gasteiger partial charge in [-0.15, -0.1) is 0 Å². The second kappa shape index (κ2) is 32.2. The molecule has 5 fully saturated rings. The largest absolute Gasteiger partial charge is 0.379 e. The Morgan fingerprint density at radius 2 is 0.515 bits per heavy atom. The Morgan fingerprint density at radius 1 is 0.273 bits per heavy atom. The van der Waals surface area contributed by atoms with E-state index >= 15 is 0 Å². The van der Waals surface area contributed by atoms with E-state index in [9.17, 15) is 8.78 Å². The van der Waals surface area contributed by atoms with Crippen LogP contribution in [0.2, 0.25) is 0 Å². The summed E-state index contributed by atoms with van der Waals surface area (Å²) in [6.07, 6.45) is 1.71. The summed E-state index contributed by atoms with van der Waals surface area (Å²) in [5, 5.41) is 0. The van der Waals surface area contributed by atoms with Crippen molar-refractivity contribution in [3.8, 4) is 0 Å². The van der Waals surface area contributed by atoms with Crippen molar-refractivity contribution >= 4 is 0 Å². The van der Waals surface area contributed by atoms with Crippen LogP contribution in [0.4, 0.5) is 8.78 Å². The highest BCUT2D eigenvalue weighted by Gasteiger charge is 2.46. The summed E-state index contributed by atoms with van der Waals surface area (Å²) in [5.41, 5.74) is 29.6. The molecule has 10 N–H and O–H groups in total. The quantitative estimate of drug-likeness (QED) is 0.189. The van der Waals surface area contributed by atoms with Gasteiger partial charge in [0.1, 0.15) is 61.2 Å². The first-order valence-electron chi connectivity index (χ1n) is 23.6. The van der Waals surface area contributed by atoms with Crippen molar-refractivity contribution in [2.45, 2.75) is 189 Å². The highest BCUT2D eigenvalue weighted by atomic mass is 19.1. The molecular formula is C47H97F2N5O12. The molecule has 0 aromatic rings. The van der Waals surface area contributed by atoms with Crippen molar-refractivity contribution in [1.29, 1.82) is 0 Å². The Labute approximate surface area is 397 Å². The Bertz CT molecular complexity index is 1140. The lowest BCUT2D eigenvalue weighted by molar-refractivity contribution is -0.152. The molecule has 0 aliphatic heterocycles. The van der Waals surface area contributed by atoms with E-state index in [1.807, 2.05) is 13.8 Å². The molecule has 5 aliphatic rings. The molecule has 66 heavy (non-hydrogen) atoms. The topological polar surface area (TPSA) is 241 Å². The Morgan fingerprint density at radius 3 is 0.773 bits per heavy atom. The van der Waals surface area contributed by atoms with E-state index in [2.05, 4.69) is 20.8 Å². The average Bonchev–Trinajstić information content (AvgIpc) is 3.28. The van der Waals surface area contributed by atoms with Crippen LogP contribution in [0.1, 0.15) is 73.1 Å². The Balaban J connectivity index is 0.000000413. The average molecular weight is 962 g/mol. The van der Waals surface area contributed by atoms with Crippen LogP contribution < -0.4 is 28.7 Å². The molecule has 396 valence electrons. The lowest BCUT2D eigenvalue weighted by atomic mass is 9.80. The third-order valence-corrected chi connectivity index (χ3v) is 14.4. The predicted molar refractivity (Wildman–Crippen MR) is 253 cm³/mol. The van der Waals surface area contributed by atoms with Crippen LogP contribution in [0.15, 0.2) is 0 Å². The minimum absolute atomic E-state index is 0.0337. The second-order valence-corrected chi connectivity index (χ2v) is 19.1. The fraction of sp³-hybridized carbons (Fsp3) is 1.00. The lowest BCUT2D eigenvalue weighted by Gasteiger charge is -2.42. The zero-order chi connectivity index (χ0) is 50.6. The summed E-state index contributed by atoms with van der Waals surface area (Å²) < 4.78 is 90.6. The molecule has 0 aromatic heterocycles. The number of methoxy groups -OCH3 is 12. The van der Waals surface area contributed by atoms with E-state index in [-0.39, 0.29) is 103 Å². The SMILES string of the molecule is CO[C@@H]1[C@@H](F)[C@H](C)C[C@H](N)[C@H]1OC.CO[C@@H]1[C@@H](N)C[C@@H](C)C[C@H]1OC.CO[C@@H]1[C@@H](OC)[C@H](C)C[C@H](N)[C@H]1OC.CO[C@@H]1[C@H](F)[C@H](C)C[C@H](N)[C@H]1OC.CO[C@@H]1[C@H](OC)[C@H](C)C[C@H](N)[C@H]1OC. The highest BCUT2D eigenvalue weighted by molar-refractivity contribution is 4.98. The van der Waals surface area contributed by atoms with E-state index in [4.69, 9.17) is 85.5 Å². The van der Waals surface area contributed by atoms with Gasteiger partial charge in [0.15, 0.2) is 0 Å². The zero-order valence-electron chi connectivity index (χ0n) is 43.6. The first-order chi connectivity index (χ1) is 31.2. The van der Waals surface area contributed by atoms with Gasteiger partial charge in [0, 0.05) is 116 Å². The van der Waals surface area contributed by atoms with E-state index < -0.39 is 24.6 Å². The summed E-state index contributed by atoms with van der Waals surface area (Å²) in [4.78, 5) is 0. The molecule has 0 aromatic carbocycles. The van der Waals surface area contributed by atoms with Crippen LogP contribution in [0, 0.1) is 29.6 Å². The van der Waals surface area contributed by atoms with Crippen LogP contribution in [-0.4, -0.2) is 201 Å². The van der Waals surface area contributed by atoms with Crippen LogP contribution >= 0.6 is 0 Å². The molecule has 0 saturated heterocycles. The number of alkyl halides is 2. The first kappa shape index (κ1) is 63.2. The maximum absolute atomic E-state index is 13.6. The number of nitrogens with two attached hydrogens (primary N) is 5. The van der Waals surface area contributed by atoms with Gasteiger partial charge in [0.05, 0.1) is 24.4 Å². The summed E-state index contributed by atoms with van der Waals surface area (Å²) in [7, 11) is 19.6. The molecule has 5 aliphatic carbocycles. The van der Waals surface area contributed by atoms with Crippen LogP contribution in [0.5, 0.6) is 0 Å². The van der Waals surface area contributed by atoms with Gasteiger partial charge >= 0.3 is 0 Å². The zero-order valence-corrected chi connectivity index (χ0v) is 43.6. The van der Waals surface area contributed by atoms with Gasteiger partial charge < -0.3 is 85.5 Å². The van der Waals surface area contributed by atoms with Gasteiger partial charge in [-0.1, -0.05) is 34.6 Å². The molecular weight excluding hydrogens is 865 g/mol. The Hall–Kier alpha value is -0.820. The van der Waals surface area contributed by atoms with E-state index in [0.717, 1.165) is 25.7 Å². The van der Waals surface area contributed by atoms with Crippen molar-refractivity contribution in [3.05, 3.63) is 0 Å². The molecule has 5 rings (SSSR count). The molecule has 19 heteroatoms. The summed E-state index contributed by atoms with van der Waals surface area (Å²) >= 11 is 0. The first-order valence-corrected chi connectivity index (χ1v) is 23.6. The maximum Gasteiger partial charge on any atom is 0.131 e. The van der Waals surface area contributed by atoms with Gasteiger partial charge in [0.2, 0.25) is 0 Å². The minimum atomic E-state index is -0.977. The third kappa shape index (κ3) is 17.2. The maximum atomic E-state index is 13.6. The molecule has 0 heterocycles. The normalized spacial score (nSPS) is 44.7. The standard InChI is InChI=1S/2C10H21NO3.2C9H18FNO2.C9H19NO2/c2*1-6-5-7(11)9(13-3)10(14-4)8(6)12-2;2*1-5-4-6(11)8(12-2)9(13-3)7(5)10;1-6-4-7(10)9(12-3)8(5-6)11-2/h2*6-10H,5,11H2,1-4H3;2*5-9H,4,11H2,1-3H3;6-9H,4-5,10H2,1-3H3/t6-,7+,8+,9-,10-;6-,7+,8-,9-,10-;5-,6+,7+,8-,9-;5-,6+,7-,8-,9-;6-,7+,8-,9-/m11111/s1. The van der Waals surface area contributed by atoms with Crippen LogP contribution in [0.3, 0.4) is 0 Å². The molecule has 0 spiro atoms. The molecule has 0 bridgehead atoms. The van der Waals surface area contributed by atoms with Crippen LogP contribution in [-0.2, 0) is 56.8 Å². The van der Waals surface area contributed by atoms with Gasteiger partial charge in [-0.2, -0.15) is 0 Å². The van der Waals surface area contributed by atoms with Crippen molar-refractivity contribution in [2.75, 3.05) is 85.3 Å². The number of rotatable bonds is 12. The van der Waals surface area contributed by atoms with Crippen LogP contribution in [0.25, 0.3) is 0 Å². The van der Waals surface area contributed by atoms with Crippen molar-refractivity contribution < 1.29 is 65.6 Å². The smallest absolute Gasteiger partial charge is 0.131 e.